The van der Waals surface area contributed by atoms with E-state index in [9.17, 15) is 12.8 Å². The van der Waals surface area contributed by atoms with Gasteiger partial charge in [0.2, 0.25) is 0 Å². The molecule has 2 aromatic rings. The predicted octanol–water partition coefficient (Wildman–Crippen LogP) is 2.54. The summed E-state index contributed by atoms with van der Waals surface area (Å²) in [7, 11) is -4.02. The van der Waals surface area contributed by atoms with Gasteiger partial charge < -0.3 is 5.73 Å². The van der Waals surface area contributed by atoms with E-state index in [0.717, 1.165) is 48.4 Å². The fourth-order valence-corrected chi connectivity index (χ4v) is 4.69. The highest BCUT2D eigenvalue weighted by Crippen LogP contribution is 2.31. The van der Waals surface area contributed by atoms with Crippen molar-refractivity contribution < 1.29 is 12.8 Å². The Morgan fingerprint density at radius 2 is 2.05 bits per heavy atom. The van der Waals surface area contributed by atoms with E-state index < -0.39 is 20.7 Å². The van der Waals surface area contributed by atoms with Crippen molar-refractivity contribution in [1.29, 1.82) is 0 Å². The van der Waals surface area contributed by atoms with E-state index in [1.165, 1.54) is 17.4 Å². The number of nitrogen functional groups attached to an aromatic ring is 1. The average Bonchev–Trinajstić information content (AvgIpc) is 2.82. The maximum absolute atomic E-state index is 13.7. The Kier molecular flexibility index (Phi) is 3.58. The smallest absolute Gasteiger partial charge is 0.266 e. The highest BCUT2D eigenvalue weighted by molar-refractivity contribution is 7.93. The van der Waals surface area contributed by atoms with Gasteiger partial charge in [-0.15, -0.1) is 11.3 Å². The summed E-state index contributed by atoms with van der Waals surface area (Å²) in [4.78, 5) is 4.93. The molecule has 1 aliphatic rings. The van der Waals surface area contributed by atoms with Crippen LogP contribution in [-0.2, 0) is 22.9 Å². The first-order valence-electron chi connectivity index (χ1n) is 6.52. The Balaban J connectivity index is 1.92. The van der Waals surface area contributed by atoms with Gasteiger partial charge in [0.25, 0.3) is 10.0 Å². The maximum atomic E-state index is 13.7. The zero-order valence-corrected chi connectivity index (χ0v) is 12.7. The Hall–Kier alpha value is -1.67. The molecule has 8 heteroatoms. The molecule has 0 spiro atoms. The van der Waals surface area contributed by atoms with Crippen LogP contribution in [0.15, 0.2) is 23.1 Å². The molecule has 0 bridgehead atoms. The molecule has 0 saturated heterocycles. The lowest BCUT2D eigenvalue weighted by atomic mass is 10.0. The van der Waals surface area contributed by atoms with E-state index in [1.54, 1.807) is 0 Å². The summed E-state index contributed by atoms with van der Waals surface area (Å²) >= 11 is 1.31. The van der Waals surface area contributed by atoms with Crippen molar-refractivity contribution in [3.05, 3.63) is 34.6 Å². The summed E-state index contributed by atoms with van der Waals surface area (Å²) in [6.07, 6.45) is 3.93. The number of sulfonamides is 1. The number of nitrogens with two attached hydrogens (primary N) is 1. The van der Waals surface area contributed by atoms with Crippen LogP contribution in [0.2, 0.25) is 0 Å². The lowest BCUT2D eigenvalue weighted by molar-refractivity contribution is 0.570. The number of halogens is 1. The molecule has 3 rings (SSSR count). The van der Waals surface area contributed by atoms with Gasteiger partial charge in [-0.3, -0.25) is 4.72 Å². The Bertz CT molecular complexity index is 763. The van der Waals surface area contributed by atoms with Crippen LogP contribution >= 0.6 is 11.3 Å². The minimum absolute atomic E-state index is 0.190. The number of hydrogen-bond donors (Lipinski definition) is 2. The molecule has 1 aromatic heterocycles. The number of thiazole rings is 1. The fourth-order valence-electron chi connectivity index (χ4n) is 2.29. The predicted molar refractivity (Wildman–Crippen MR) is 80.4 cm³/mol. The lowest BCUT2D eigenvalue weighted by Crippen LogP contribution is -2.15. The molecular formula is C13H14FN3O2S2. The zero-order chi connectivity index (χ0) is 15.0. The van der Waals surface area contributed by atoms with Crippen molar-refractivity contribution in [3.8, 4) is 0 Å². The Morgan fingerprint density at radius 3 is 2.81 bits per heavy atom. The summed E-state index contributed by atoms with van der Waals surface area (Å²) in [5.74, 6) is -0.835. The molecule has 112 valence electrons. The van der Waals surface area contributed by atoms with E-state index >= 15 is 0 Å². The number of fused-ring (bicyclic) bond motifs is 1. The third kappa shape index (κ3) is 2.86. The van der Waals surface area contributed by atoms with Gasteiger partial charge in [0, 0.05) is 10.6 Å². The monoisotopic (exact) mass is 327 g/mol. The molecule has 0 radical (unpaired) electrons. The number of benzene rings is 1. The normalized spacial score (nSPS) is 14.7. The van der Waals surface area contributed by atoms with E-state index in [0.29, 0.717) is 0 Å². The number of aromatic nitrogens is 1. The van der Waals surface area contributed by atoms with Crippen molar-refractivity contribution in [2.45, 2.75) is 30.6 Å². The standard InChI is InChI=1S/C13H14FN3O2S2/c14-9-6-5-8(15)7-12(9)21(18,19)17-13-16-10-3-1-2-4-11(10)20-13/h5-7H,1-4,15H2,(H,16,17). The molecule has 0 atom stereocenters. The van der Waals surface area contributed by atoms with Crippen molar-refractivity contribution in [2.24, 2.45) is 0 Å². The first-order chi connectivity index (χ1) is 9.95. The van der Waals surface area contributed by atoms with Crippen LogP contribution in [0.4, 0.5) is 15.2 Å². The minimum atomic E-state index is -4.02. The number of rotatable bonds is 3. The van der Waals surface area contributed by atoms with Gasteiger partial charge in [-0.1, -0.05) is 0 Å². The second kappa shape index (κ2) is 5.27. The van der Waals surface area contributed by atoms with Gasteiger partial charge in [-0.2, -0.15) is 0 Å². The molecule has 21 heavy (non-hydrogen) atoms. The summed E-state index contributed by atoms with van der Waals surface area (Å²) in [6.45, 7) is 0. The van der Waals surface area contributed by atoms with Crippen molar-refractivity contribution >= 4 is 32.2 Å². The Morgan fingerprint density at radius 1 is 1.29 bits per heavy atom. The van der Waals surface area contributed by atoms with Crippen LogP contribution in [0.3, 0.4) is 0 Å². The van der Waals surface area contributed by atoms with Crippen molar-refractivity contribution in [3.63, 3.8) is 0 Å². The molecule has 0 aliphatic heterocycles. The molecule has 0 amide bonds. The van der Waals surface area contributed by atoms with Crippen LogP contribution in [-0.4, -0.2) is 13.4 Å². The number of anilines is 2. The van der Waals surface area contributed by atoms with E-state index in [1.807, 2.05) is 0 Å². The maximum Gasteiger partial charge on any atom is 0.266 e. The summed E-state index contributed by atoms with van der Waals surface area (Å²) in [6, 6.07) is 3.46. The third-order valence-corrected chi connectivity index (χ3v) is 5.87. The van der Waals surface area contributed by atoms with Crippen LogP contribution in [0.1, 0.15) is 23.4 Å². The molecule has 1 aliphatic carbocycles. The van der Waals surface area contributed by atoms with Crippen LogP contribution in [0.5, 0.6) is 0 Å². The quantitative estimate of drug-likeness (QED) is 0.848. The molecule has 0 fully saturated rings. The second-order valence-corrected chi connectivity index (χ2v) is 7.63. The van der Waals surface area contributed by atoms with Gasteiger partial charge >= 0.3 is 0 Å². The van der Waals surface area contributed by atoms with Crippen molar-refractivity contribution in [1.82, 2.24) is 4.98 Å². The average molecular weight is 327 g/mol. The summed E-state index contributed by atoms with van der Waals surface area (Å²) < 4.78 is 40.5. The van der Waals surface area contributed by atoms with E-state index in [2.05, 4.69) is 9.71 Å². The number of nitrogens with zero attached hydrogens (tertiary/aromatic N) is 1. The first-order valence-corrected chi connectivity index (χ1v) is 8.82. The zero-order valence-electron chi connectivity index (χ0n) is 11.1. The van der Waals surface area contributed by atoms with Crippen LogP contribution in [0.25, 0.3) is 0 Å². The molecule has 0 unspecified atom stereocenters. The number of nitrogens with one attached hydrogen (secondary N) is 1. The van der Waals surface area contributed by atoms with Crippen LogP contribution in [0, 0.1) is 5.82 Å². The van der Waals surface area contributed by atoms with Gasteiger partial charge in [0.1, 0.15) is 10.7 Å². The van der Waals surface area contributed by atoms with E-state index in [-0.39, 0.29) is 10.8 Å². The SMILES string of the molecule is Nc1ccc(F)c(S(=O)(=O)Nc2nc3c(s2)CCCC3)c1. The Labute approximate surface area is 126 Å². The summed E-state index contributed by atoms with van der Waals surface area (Å²) in [5, 5.41) is 0.281. The van der Waals surface area contributed by atoms with E-state index in [4.69, 9.17) is 5.73 Å². The first kappa shape index (κ1) is 14.3. The van der Waals surface area contributed by atoms with Gasteiger partial charge in [0.15, 0.2) is 5.13 Å². The van der Waals surface area contributed by atoms with Crippen molar-refractivity contribution in [2.75, 3.05) is 10.5 Å². The third-order valence-electron chi connectivity index (χ3n) is 3.31. The highest BCUT2D eigenvalue weighted by Gasteiger charge is 2.23. The lowest BCUT2D eigenvalue weighted by Gasteiger charge is -2.07. The number of hydrogen-bond acceptors (Lipinski definition) is 5. The molecule has 0 saturated carbocycles. The van der Waals surface area contributed by atoms with Gasteiger partial charge in [-0.25, -0.2) is 17.8 Å². The largest absolute Gasteiger partial charge is 0.399 e. The molecule has 3 N–H and O–H groups in total. The minimum Gasteiger partial charge on any atom is -0.399 e. The summed E-state index contributed by atoms with van der Waals surface area (Å²) in [5.41, 5.74) is 6.66. The van der Waals surface area contributed by atoms with Gasteiger partial charge in [0.05, 0.1) is 5.69 Å². The molecule has 5 nitrogen and oxygen atoms in total. The topological polar surface area (TPSA) is 85.1 Å². The second-order valence-electron chi connectivity index (χ2n) is 4.89. The van der Waals surface area contributed by atoms with Crippen LogP contribution < -0.4 is 10.5 Å². The molecule has 1 heterocycles. The molecule has 1 aromatic carbocycles. The number of aryl methyl sites for hydroxylation is 2. The fraction of sp³-hybridized carbons (Fsp3) is 0.308. The highest BCUT2D eigenvalue weighted by atomic mass is 32.2. The molecular weight excluding hydrogens is 313 g/mol. The van der Waals surface area contributed by atoms with Gasteiger partial charge in [-0.05, 0) is 43.9 Å².